The summed E-state index contributed by atoms with van der Waals surface area (Å²) in [7, 11) is -3.74. The van der Waals surface area contributed by atoms with Crippen LogP contribution < -0.4 is 5.32 Å². The number of aryl methyl sites for hydroxylation is 2. The first-order valence-electron chi connectivity index (χ1n) is 9.11. The lowest BCUT2D eigenvalue weighted by Crippen LogP contribution is -2.41. The molecule has 0 aliphatic carbocycles. The van der Waals surface area contributed by atoms with Crippen molar-refractivity contribution in [1.82, 2.24) is 4.31 Å². The topological polar surface area (TPSA) is 75.7 Å². The molecule has 6 nitrogen and oxygen atoms in total. The standard InChI is InChI=1S/C20H23FN2O4S/c1-3-15-5-6-16(20(24)22-18-13-17(21)7-4-14(18)2)12-19(15)28(25,26)23-8-10-27-11-9-23/h4-7,12-13H,3,8-11H2,1-2H3,(H,22,24). The second-order valence-electron chi connectivity index (χ2n) is 6.61. The molecule has 0 radical (unpaired) electrons. The van der Waals surface area contributed by atoms with Gasteiger partial charge in [0.1, 0.15) is 5.82 Å². The van der Waals surface area contributed by atoms with E-state index in [1.54, 1.807) is 25.1 Å². The van der Waals surface area contributed by atoms with E-state index in [9.17, 15) is 17.6 Å². The number of morpholine rings is 1. The number of anilines is 1. The van der Waals surface area contributed by atoms with Crippen LogP contribution in [0, 0.1) is 12.7 Å². The fourth-order valence-corrected chi connectivity index (χ4v) is 4.80. The van der Waals surface area contributed by atoms with E-state index >= 15 is 0 Å². The van der Waals surface area contributed by atoms with Crippen molar-refractivity contribution >= 4 is 21.6 Å². The quantitative estimate of drug-likeness (QED) is 0.828. The summed E-state index contributed by atoms with van der Waals surface area (Å²) >= 11 is 0. The molecule has 0 aromatic heterocycles. The van der Waals surface area contributed by atoms with Crippen molar-refractivity contribution in [3.8, 4) is 0 Å². The average molecular weight is 406 g/mol. The summed E-state index contributed by atoms with van der Waals surface area (Å²) in [5.41, 5.74) is 1.90. The van der Waals surface area contributed by atoms with Crippen LogP contribution in [0.1, 0.15) is 28.4 Å². The molecule has 1 saturated heterocycles. The highest BCUT2D eigenvalue weighted by molar-refractivity contribution is 7.89. The number of carbonyl (C=O) groups is 1. The number of rotatable bonds is 5. The molecule has 2 aromatic rings. The molecule has 0 bridgehead atoms. The first kappa shape index (κ1) is 20.4. The van der Waals surface area contributed by atoms with E-state index in [0.717, 1.165) is 0 Å². The van der Waals surface area contributed by atoms with Crippen molar-refractivity contribution in [1.29, 1.82) is 0 Å². The Morgan fingerprint density at radius 1 is 1.18 bits per heavy atom. The van der Waals surface area contributed by atoms with Gasteiger partial charge in [-0.05, 0) is 48.7 Å². The highest BCUT2D eigenvalue weighted by Gasteiger charge is 2.29. The number of hydrogen-bond donors (Lipinski definition) is 1. The molecule has 1 fully saturated rings. The van der Waals surface area contributed by atoms with Gasteiger partial charge in [-0.3, -0.25) is 4.79 Å². The number of amides is 1. The molecule has 1 aliphatic heterocycles. The fourth-order valence-electron chi connectivity index (χ4n) is 3.08. The third-order valence-corrected chi connectivity index (χ3v) is 6.73. The normalized spacial score (nSPS) is 15.4. The summed E-state index contributed by atoms with van der Waals surface area (Å²) in [6.07, 6.45) is 0.518. The van der Waals surface area contributed by atoms with Gasteiger partial charge >= 0.3 is 0 Å². The Kier molecular flexibility index (Phi) is 6.12. The highest BCUT2D eigenvalue weighted by atomic mass is 32.2. The predicted octanol–water partition coefficient (Wildman–Crippen LogP) is 2.97. The van der Waals surface area contributed by atoms with Crippen molar-refractivity contribution in [3.63, 3.8) is 0 Å². The molecule has 1 aliphatic rings. The number of halogens is 1. The molecule has 1 N–H and O–H groups in total. The zero-order chi connectivity index (χ0) is 20.3. The monoisotopic (exact) mass is 406 g/mol. The lowest BCUT2D eigenvalue weighted by Gasteiger charge is -2.27. The summed E-state index contributed by atoms with van der Waals surface area (Å²) in [6.45, 7) is 4.88. The van der Waals surface area contributed by atoms with Crippen LogP contribution in [0.15, 0.2) is 41.3 Å². The van der Waals surface area contributed by atoms with Gasteiger partial charge in [-0.1, -0.05) is 19.1 Å². The molecule has 8 heteroatoms. The highest BCUT2D eigenvalue weighted by Crippen LogP contribution is 2.24. The molecule has 2 aromatic carbocycles. The minimum absolute atomic E-state index is 0.125. The minimum atomic E-state index is -3.74. The maximum Gasteiger partial charge on any atom is 0.255 e. The summed E-state index contributed by atoms with van der Waals surface area (Å²) in [4.78, 5) is 12.8. The van der Waals surface area contributed by atoms with Crippen molar-refractivity contribution < 1.29 is 22.3 Å². The lowest BCUT2D eigenvalue weighted by molar-refractivity contribution is 0.0730. The number of carbonyl (C=O) groups excluding carboxylic acids is 1. The van der Waals surface area contributed by atoms with E-state index in [0.29, 0.717) is 36.4 Å². The maximum atomic E-state index is 13.5. The van der Waals surface area contributed by atoms with E-state index < -0.39 is 21.7 Å². The van der Waals surface area contributed by atoms with Crippen molar-refractivity contribution in [2.45, 2.75) is 25.2 Å². The number of sulfonamides is 1. The van der Waals surface area contributed by atoms with Gasteiger partial charge in [0.05, 0.1) is 18.1 Å². The Morgan fingerprint density at radius 3 is 2.57 bits per heavy atom. The fraction of sp³-hybridized carbons (Fsp3) is 0.350. The summed E-state index contributed by atoms with van der Waals surface area (Å²) in [5, 5.41) is 2.66. The predicted molar refractivity (Wildman–Crippen MR) is 104 cm³/mol. The molecule has 0 unspecified atom stereocenters. The third kappa shape index (κ3) is 4.24. The minimum Gasteiger partial charge on any atom is -0.379 e. The second kappa shape index (κ2) is 8.38. The largest absolute Gasteiger partial charge is 0.379 e. The van der Waals surface area contributed by atoms with Gasteiger partial charge in [-0.15, -0.1) is 0 Å². The van der Waals surface area contributed by atoms with Gasteiger partial charge in [-0.2, -0.15) is 4.31 Å². The molecule has 1 heterocycles. The Hall–Kier alpha value is -2.29. The van der Waals surface area contributed by atoms with Crippen LogP contribution in [0.3, 0.4) is 0 Å². The summed E-state index contributed by atoms with van der Waals surface area (Å²) < 4.78 is 46.3. The van der Waals surface area contributed by atoms with Crippen LogP contribution in [-0.2, 0) is 21.2 Å². The van der Waals surface area contributed by atoms with Gasteiger partial charge in [0, 0.05) is 24.3 Å². The number of hydrogen-bond acceptors (Lipinski definition) is 4. The third-order valence-electron chi connectivity index (χ3n) is 4.75. The van der Waals surface area contributed by atoms with Crippen LogP contribution in [0.4, 0.5) is 10.1 Å². The Bertz CT molecular complexity index is 986. The molecule has 0 saturated carbocycles. The number of ether oxygens (including phenoxy) is 1. The second-order valence-corrected chi connectivity index (χ2v) is 8.51. The van der Waals surface area contributed by atoms with Crippen molar-refractivity contribution in [3.05, 3.63) is 58.9 Å². The summed E-state index contributed by atoms with van der Waals surface area (Å²) in [6, 6.07) is 8.75. The van der Waals surface area contributed by atoms with E-state index in [-0.39, 0.29) is 23.5 Å². The van der Waals surface area contributed by atoms with Gasteiger partial charge in [0.2, 0.25) is 10.0 Å². The molecule has 1 amide bonds. The zero-order valence-corrected chi connectivity index (χ0v) is 16.7. The Labute approximate surface area is 164 Å². The molecule has 150 valence electrons. The van der Waals surface area contributed by atoms with Gasteiger partial charge < -0.3 is 10.1 Å². The first-order chi connectivity index (χ1) is 13.3. The molecular formula is C20H23FN2O4S. The van der Waals surface area contributed by atoms with E-state index in [4.69, 9.17) is 4.74 Å². The first-order valence-corrected chi connectivity index (χ1v) is 10.5. The summed E-state index contributed by atoms with van der Waals surface area (Å²) in [5.74, 6) is -0.951. The van der Waals surface area contributed by atoms with Gasteiger partial charge in [-0.25, -0.2) is 12.8 Å². The van der Waals surface area contributed by atoms with Crippen LogP contribution in [0.2, 0.25) is 0 Å². The molecular weight excluding hydrogens is 383 g/mol. The molecule has 0 atom stereocenters. The van der Waals surface area contributed by atoms with E-state index in [1.807, 2.05) is 6.92 Å². The average Bonchev–Trinajstić information content (AvgIpc) is 2.70. The van der Waals surface area contributed by atoms with Crippen molar-refractivity contribution in [2.75, 3.05) is 31.6 Å². The maximum absolute atomic E-state index is 13.5. The van der Waals surface area contributed by atoms with Crippen LogP contribution >= 0.6 is 0 Å². The smallest absolute Gasteiger partial charge is 0.255 e. The Morgan fingerprint density at radius 2 is 1.89 bits per heavy atom. The number of benzene rings is 2. The zero-order valence-electron chi connectivity index (χ0n) is 15.9. The number of nitrogens with zero attached hydrogens (tertiary/aromatic N) is 1. The van der Waals surface area contributed by atoms with Gasteiger partial charge in [0.15, 0.2) is 0 Å². The van der Waals surface area contributed by atoms with Crippen LogP contribution in [0.25, 0.3) is 0 Å². The van der Waals surface area contributed by atoms with Crippen LogP contribution in [-0.4, -0.2) is 44.9 Å². The Balaban J connectivity index is 1.94. The number of nitrogens with one attached hydrogen (secondary N) is 1. The van der Waals surface area contributed by atoms with Crippen molar-refractivity contribution in [2.24, 2.45) is 0 Å². The lowest BCUT2D eigenvalue weighted by atomic mass is 10.1. The molecule has 0 spiro atoms. The molecule has 3 rings (SSSR count). The van der Waals surface area contributed by atoms with Gasteiger partial charge in [0.25, 0.3) is 5.91 Å². The van der Waals surface area contributed by atoms with Crippen LogP contribution in [0.5, 0.6) is 0 Å². The van der Waals surface area contributed by atoms with E-state index in [1.165, 1.54) is 22.5 Å². The van der Waals surface area contributed by atoms with E-state index in [2.05, 4.69) is 5.32 Å². The molecule has 28 heavy (non-hydrogen) atoms. The SMILES string of the molecule is CCc1ccc(C(=O)Nc2cc(F)ccc2C)cc1S(=O)(=O)N1CCOCC1.